The highest BCUT2D eigenvalue weighted by atomic mass is 19.1. The molecule has 0 saturated carbocycles. The number of hydrogen-bond donors (Lipinski definition) is 0. The molecule has 0 saturated heterocycles. The molecule has 0 atom stereocenters. The van der Waals surface area contributed by atoms with Gasteiger partial charge in [-0.3, -0.25) is 4.79 Å². The van der Waals surface area contributed by atoms with Gasteiger partial charge in [-0.1, -0.05) is 32.0 Å². The van der Waals surface area contributed by atoms with Gasteiger partial charge in [0.15, 0.2) is 0 Å². The van der Waals surface area contributed by atoms with Gasteiger partial charge in [0.1, 0.15) is 17.9 Å². The summed E-state index contributed by atoms with van der Waals surface area (Å²) < 4.78 is 27.9. The molecule has 0 bridgehead atoms. The fourth-order valence-corrected chi connectivity index (χ4v) is 4.59. The van der Waals surface area contributed by atoms with Crippen molar-refractivity contribution in [3.63, 3.8) is 0 Å². The average Bonchev–Trinajstić information content (AvgIpc) is 2.74. The average molecular weight is 399 g/mol. The summed E-state index contributed by atoms with van der Waals surface area (Å²) >= 11 is 0. The number of nitrogens with zero attached hydrogens (tertiary/aromatic N) is 1. The fraction of sp³-hybridized carbons (Fsp3) is 0.115. The highest BCUT2D eigenvalue weighted by Crippen LogP contribution is 2.53. The molecule has 4 aromatic rings. The summed E-state index contributed by atoms with van der Waals surface area (Å²) in [4.78, 5) is 13.3. The van der Waals surface area contributed by atoms with Gasteiger partial charge in [0.2, 0.25) is 0 Å². The van der Waals surface area contributed by atoms with Crippen LogP contribution < -0.4 is 4.90 Å². The Labute approximate surface area is 173 Å². The number of anilines is 3. The Kier molecular flexibility index (Phi) is 4.00. The minimum atomic E-state index is -0.481. The molecule has 0 unspecified atom stereocenters. The zero-order valence-electron chi connectivity index (χ0n) is 16.6. The van der Waals surface area contributed by atoms with Gasteiger partial charge >= 0.3 is 0 Å². The predicted molar refractivity (Wildman–Crippen MR) is 116 cm³/mol. The first-order valence-electron chi connectivity index (χ1n) is 9.78. The van der Waals surface area contributed by atoms with E-state index in [4.69, 9.17) is 0 Å². The molecule has 4 aromatic carbocycles. The van der Waals surface area contributed by atoms with E-state index in [9.17, 15) is 13.6 Å². The van der Waals surface area contributed by atoms with Gasteiger partial charge in [0.05, 0.1) is 11.4 Å². The number of carbonyl (C=O) groups excluding carboxylic acids is 1. The zero-order chi connectivity index (χ0) is 21.0. The predicted octanol–water partition coefficient (Wildman–Crippen LogP) is 7.04. The number of fused-ring (bicyclic) bond motifs is 4. The Morgan fingerprint density at radius 1 is 0.800 bits per heavy atom. The summed E-state index contributed by atoms with van der Waals surface area (Å²) in [5.41, 5.74) is 4.64. The molecule has 2 nitrogen and oxygen atoms in total. The molecular weight excluding hydrogens is 380 g/mol. The Morgan fingerprint density at radius 2 is 1.50 bits per heavy atom. The highest BCUT2D eigenvalue weighted by Gasteiger charge is 2.38. The van der Waals surface area contributed by atoms with Crippen LogP contribution in [0.4, 0.5) is 25.8 Å². The maximum atomic E-state index is 14.3. The molecule has 30 heavy (non-hydrogen) atoms. The normalized spacial score (nSPS) is 14.3. The molecule has 0 aliphatic carbocycles. The lowest BCUT2D eigenvalue weighted by molar-refractivity contribution is 0.112. The van der Waals surface area contributed by atoms with E-state index in [-0.39, 0.29) is 11.6 Å². The summed E-state index contributed by atoms with van der Waals surface area (Å²) in [7, 11) is 0. The van der Waals surface area contributed by atoms with E-state index in [0.29, 0.717) is 5.56 Å². The Balaban J connectivity index is 1.88. The highest BCUT2D eigenvalue weighted by molar-refractivity contribution is 5.99. The summed E-state index contributed by atoms with van der Waals surface area (Å²) in [5, 5.41) is 1.95. The third kappa shape index (κ3) is 2.64. The van der Waals surface area contributed by atoms with Crippen LogP contribution in [0.1, 0.15) is 35.3 Å². The van der Waals surface area contributed by atoms with E-state index in [0.717, 1.165) is 45.2 Å². The second-order valence-corrected chi connectivity index (χ2v) is 8.16. The molecule has 0 N–H and O–H groups in total. The van der Waals surface area contributed by atoms with Crippen molar-refractivity contribution in [1.82, 2.24) is 0 Å². The largest absolute Gasteiger partial charge is 0.310 e. The van der Waals surface area contributed by atoms with Gasteiger partial charge in [0, 0.05) is 16.7 Å². The molecule has 0 radical (unpaired) electrons. The molecule has 4 heteroatoms. The number of benzene rings is 4. The van der Waals surface area contributed by atoms with Crippen LogP contribution in [0.2, 0.25) is 0 Å². The SMILES string of the molecule is CC1(C)c2cc(F)ccc2N(c2ccc(F)cc2)c2ccc3cc(C=O)ccc3c21. The first kappa shape index (κ1) is 18.5. The Hall–Kier alpha value is -3.53. The minimum absolute atomic E-state index is 0.298. The van der Waals surface area contributed by atoms with Gasteiger partial charge in [-0.2, -0.15) is 0 Å². The van der Waals surface area contributed by atoms with E-state index < -0.39 is 5.41 Å². The molecule has 5 rings (SSSR count). The van der Waals surface area contributed by atoms with Crippen LogP contribution in [0, 0.1) is 11.6 Å². The molecule has 0 amide bonds. The van der Waals surface area contributed by atoms with Crippen molar-refractivity contribution in [2.75, 3.05) is 4.90 Å². The molecular formula is C26H19F2NO. The van der Waals surface area contributed by atoms with Crippen LogP contribution in [-0.2, 0) is 5.41 Å². The molecule has 0 fully saturated rings. The van der Waals surface area contributed by atoms with E-state index >= 15 is 0 Å². The van der Waals surface area contributed by atoms with Gasteiger partial charge in [-0.25, -0.2) is 8.78 Å². The standard InChI is InChI=1S/C26H19F2NO/c1-26(2)22-14-19(28)7-12-23(22)29(20-8-5-18(27)6-9-20)24-11-4-17-13-16(15-30)3-10-21(17)25(24)26/h3-15H,1-2H3. The van der Waals surface area contributed by atoms with Crippen LogP contribution in [0.5, 0.6) is 0 Å². The lowest BCUT2D eigenvalue weighted by Crippen LogP contribution is -2.31. The number of carbonyl (C=O) groups is 1. The summed E-state index contributed by atoms with van der Waals surface area (Å²) in [6, 6.07) is 20.7. The van der Waals surface area contributed by atoms with Gasteiger partial charge in [0.25, 0.3) is 0 Å². The van der Waals surface area contributed by atoms with Gasteiger partial charge < -0.3 is 4.90 Å². The van der Waals surface area contributed by atoms with E-state index in [1.807, 2.05) is 29.2 Å². The van der Waals surface area contributed by atoms with Crippen molar-refractivity contribution in [3.8, 4) is 0 Å². The first-order valence-corrected chi connectivity index (χ1v) is 9.78. The maximum Gasteiger partial charge on any atom is 0.150 e. The van der Waals surface area contributed by atoms with E-state index in [2.05, 4.69) is 13.8 Å². The van der Waals surface area contributed by atoms with Gasteiger partial charge in [-0.15, -0.1) is 0 Å². The Bertz CT molecular complexity index is 1310. The third-order valence-electron chi connectivity index (χ3n) is 5.98. The number of rotatable bonds is 2. The topological polar surface area (TPSA) is 20.3 Å². The first-order chi connectivity index (χ1) is 14.4. The van der Waals surface area contributed by atoms with Gasteiger partial charge in [-0.05, 0) is 76.5 Å². The van der Waals surface area contributed by atoms with Crippen molar-refractivity contribution in [2.45, 2.75) is 19.3 Å². The van der Waals surface area contributed by atoms with Crippen LogP contribution in [0.25, 0.3) is 10.8 Å². The van der Waals surface area contributed by atoms with Crippen molar-refractivity contribution in [1.29, 1.82) is 0 Å². The van der Waals surface area contributed by atoms with Crippen molar-refractivity contribution < 1.29 is 13.6 Å². The molecule has 0 spiro atoms. The van der Waals surface area contributed by atoms with E-state index in [1.54, 1.807) is 30.3 Å². The number of hydrogen-bond acceptors (Lipinski definition) is 2. The smallest absolute Gasteiger partial charge is 0.150 e. The lowest BCUT2D eigenvalue weighted by atomic mass is 9.71. The molecule has 1 aliphatic rings. The minimum Gasteiger partial charge on any atom is -0.310 e. The number of halogens is 2. The van der Waals surface area contributed by atoms with Crippen LogP contribution in [0.15, 0.2) is 72.8 Å². The molecule has 1 heterocycles. The van der Waals surface area contributed by atoms with Crippen molar-refractivity contribution in [3.05, 3.63) is 101 Å². The monoisotopic (exact) mass is 399 g/mol. The fourth-order valence-electron chi connectivity index (χ4n) is 4.59. The van der Waals surface area contributed by atoms with Crippen LogP contribution >= 0.6 is 0 Å². The summed E-state index contributed by atoms with van der Waals surface area (Å²) in [5.74, 6) is -0.608. The van der Waals surface area contributed by atoms with Crippen LogP contribution in [0.3, 0.4) is 0 Å². The van der Waals surface area contributed by atoms with E-state index in [1.165, 1.54) is 18.2 Å². The second-order valence-electron chi connectivity index (χ2n) is 8.16. The van der Waals surface area contributed by atoms with Crippen molar-refractivity contribution in [2.24, 2.45) is 0 Å². The Morgan fingerprint density at radius 3 is 2.23 bits per heavy atom. The quantitative estimate of drug-likeness (QED) is 0.337. The van der Waals surface area contributed by atoms with Crippen molar-refractivity contribution >= 4 is 34.1 Å². The molecule has 1 aliphatic heterocycles. The molecule has 148 valence electrons. The maximum absolute atomic E-state index is 14.3. The zero-order valence-corrected chi connectivity index (χ0v) is 16.6. The summed E-state index contributed by atoms with van der Waals surface area (Å²) in [6.07, 6.45) is 0.833. The second kappa shape index (κ2) is 6.49. The summed E-state index contributed by atoms with van der Waals surface area (Å²) in [6.45, 7) is 4.17. The molecule has 0 aromatic heterocycles. The number of aldehydes is 1. The third-order valence-corrected chi connectivity index (χ3v) is 5.98. The van der Waals surface area contributed by atoms with Crippen LogP contribution in [-0.4, -0.2) is 6.29 Å². The lowest BCUT2D eigenvalue weighted by Gasteiger charge is -2.42.